The minimum absolute atomic E-state index is 0.0941. The highest BCUT2D eigenvalue weighted by atomic mass is 32.1. The normalized spacial score (nSPS) is 10.5. The van der Waals surface area contributed by atoms with Crippen LogP contribution in [0.4, 0.5) is 5.69 Å². The zero-order valence-electron chi connectivity index (χ0n) is 14.1. The molecule has 0 aliphatic heterocycles. The van der Waals surface area contributed by atoms with Crippen LogP contribution in [0.2, 0.25) is 0 Å². The summed E-state index contributed by atoms with van der Waals surface area (Å²) in [6.45, 7) is 1.89. The number of nitrogens with zero attached hydrogens (tertiary/aromatic N) is 1. The second kappa shape index (κ2) is 7.37. The maximum Gasteiger partial charge on any atom is 0.308 e. The van der Waals surface area contributed by atoms with Crippen molar-refractivity contribution in [1.82, 2.24) is 4.57 Å². The number of carbonyl (C=O) groups excluding carboxylic acids is 2. The van der Waals surface area contributed by atoms with Crippen molar-refractivity contribution in [2.24, 2.45) is 5.73 Å². The highest BCUT2D eigenvalue weighted by Crippen LogP contribution is 2.20. The number of aromatic nitrogens is 1. The van der Waals surface area contributed by atoms with E-state index in [1.807, 2.05) is 31.2 Å². The first-order valence-corrected chi connectivity index (χ1v) is 8.77. The van der Waals surface area contributed by atoms with Crippen LogP contribution in [-0.2, 0) is 11.3 Å². The van der Waals surface area contributed by atoms with Gasteiger partial charge in [0.25, 0.3) is 0 Å². The van der Waals surface area contributed by atoms with Crippen LogP contribution in [0.5, 0.6) is 0 Å². The van der Waals surface area contributed by atoms with Crippen LogP contribution in [0.25, 0.3) is 11.3 Å². The van der Waals surface area contributed by atoms with Crippen molar-refractivity contribution < 1.29 is 9.59 Å². The molecule has 0 spiro atoms. The summed E-state index contributed by atoms with van der Waals surface area (Å²) < 4.78 is 1.45. The van der Waals surface area contributed by atoms with Crippen LogP contribution in [-0.4, -0.2) is 16.4 Å². The van der Waals surface area contributed by atoms with E-state index in [4.69, 9.17) is 5.73 Å². The van der Waals surface area contributed by atoms with E-state index in [1.165, 1.54) is 16.7 Å². The minimum Gasteiger partial charge on any atom is -0.366 e. The lowest BCUT2D eigenvalue weighted by Crippen LogP contribution is -2.25. The summed E-state index contributed by atoms with van der Waals surface area (Å²) in [7, 11) is 0. The maximum absolute atomic E-state index is 12.3. The number of benzene rings is 2. The Hall–Kier alpha value is -3.19. The van der Waals surface area contributed by atoms with Gasteiger partial charge in [-0.15, -0.1) is 0 Å². The van der Waals surface area contributed by atoms with Gasteiger partial charge in [0, 0.05) is 16.6 Å². The SMILES string of the molecule is Cc1ccc(-c2csc(=O)n2CC(=O)Nc2ccc(C(N)=O)cc2)cc1. The largest absolute Gasteiger partial charge is 0.366 e. The number of anilines is 1. The third-order valence-corrected chi connectivity index (χ3v) is 4.65. The molecule has 0 atom stereocenters. The van der Waals surface area contributed by atoms with Crippen LogP contribution < -0.4 is 15.9 Å². The average molecular weight is 367 g/mol. The molecule has 0 fully saturated rings. The summed E-state index contributed by atoms with van der Waals surface area (Å²) in [5.41, 5.74) is 8.79. The minimum atomic E-state index is -0.532. The van der Waals surface area contributed by atoms with E-state index in [2.05, 4.69) is 5.32 Å². The van der Waals surface area contributed by atoms with Crippen molar-refractivity contribution in [2.75, 3.05) is 5.32 Å². The molecule has 0 unspecified atom stereocenters. The zero-order valence-corrected chi connectivity index (χ0v) is 14.9. The van der Waals surface area contributed by atoms with E-state index in [9.17, 15) is 14.4 Å². The molecule has 1 aromatic heterocycles. The summed E-state index contributed by atoms with van der Waals surface area (Å²) in [6.07, 6.45) is 0. The number of amides is 2. The quantitative estimate of drug-likeness (QED) is 0.726. The van der Waals surface area contributed by atoms with E-state index in [-0.39, 0.29) is 17.3 Å². The van der Waals surface area contributed by atoms with E-state index in [0.717, 1.165) is 22.5 Å². The third kappa shape index (κ3) is 3.89. The standard InChI is InChI=1S/C19H17N3O3S/c1-12-2-4-13(5-3-12)16-11-26-19(25)22(16)10-17(23)21-15-8-6-14(7-9-15)18(20)24/h2-9,11H,10H2,1H3,(H2,20,24)(H,21,23). The van der Waals surface area contributed by atoms with E-state index in [1.54, 1.807) is 17.5 Å². The fraction of sp³-hybridized carbons (Fsp3) is 0.105. The van der Waals surface area contributed by atoms with Gasteiger partial charge in [-0.1, -0.05) is 41.2 Å². The van der Waals surface area contributed by atoms with Gasteiger partial charge in [-0.2, -0.15) is 0 Å². The molecule has 0 radical (unpaired) electrons. The van der Waals surface area contributed by atoms with Crippen molar-refractivity contribution in [3.05, 3.63) is 74.7 Å². The Kier molecular flexibility index (Phi) is 4.99. The first-order valence-electron chi connectivity index (χ1n) is 7.89. The molecule has 0 aliphatic rings. The molecule has 0 saturated heterocycles. The van der Waals surface area contributed by atoms with Crippen LogP contribution in [0, 0.1) is 6.92 Å². The Labute approximate surface area is 153 Å². The second-order valence-corrected chi connectivity index (χ2v) is 6.65. The lowest BCUT2D eigenvalue weighted by Gasteiger charge is -2.09. The Morgan fingerprint density at radius 1 is 1.08 bits per heavy atom. The Morgan fingerprint density at radius 3 is 2.35 bits per heavy atom. The van der Waals surface area contributed by atoms with Crippen molar-refractivity contribution in [3.63, 3.8) is 0 Å². The second-order valence-electron chi connectivity index (χ2n) is 5.83. The highest BCUT2D eigenvalue weighted by molar-refractivity contribution is 7.07. The molecule has 3 aromatic rings. The van der Waals surface area contributed by atoms with Gasteiger partial charge in [0.05, 0.1) is 5.69 Å². The predicted octanol–water partition coefficient (Wildman–Crippen LogP) is 2.62. The van der Waals surface area contributed by atoms with Crippen molar-refractivity contribution in [3.8, 4) is 11.3 Å². The van der Waals surface area contributed by atoms with Gasteiger partial charge < -0.3 is 11.1 Å². The van der Waals surface area contributed by atoms with Crippen molar-refractivity contribution >= 4 is 28.8 Å². The monoisotopic (exact) mass is 367 g/mol. The molecule has 0 bridgehead atoms. The van der Waals surface area contributed by atoms with Crippen LogP contribution in [0.1, 0.15) is 15.9 Å². The van der Waals surface area contributed by atoms with Gasteiger partial charge in [0.1, 0.15) is 6.54 Å². The number of rotatable bonds is 5. The molecular weight excluding hydrogens is 350 g/mol. The summed E-state index contributed by atoms with van der Waals surface area (Å²) in [6, 6.07) is 14.0. The highest BCUT2D eigenvalue weighted by Gasteiger charge is 2.13. The number of hydrogen-bond acceptors (Lipinski definition) is 4. The molecule has 2 aromatic carbocycles. The molecule has 6 nitrogen and oxygen atoms in total. The topological polar surface area (TPSA) is 94.2 Å². The lowest BCUT2D eigenvalue weighted by atomic mass is 10.1. The third-order valence-electron chi connectivity index (χ3n) is 3.88. The Morgan fingerprint density at radius 2 is 1.73 bits per heavy atom. The average Bonchev–Trinajstić information content (AvgIpc) is 2.97. The van der Waals surface area contributed by atoms with Crippen LogP contribution in [0.3, 0.4) is 0 Å². The van der Waals surface area contributed by atoms with Crippen molar-refractivity contribution in [1.29, 1.82) is 0 Å². The summed E-state index contributed by atoms with van der Waals surface area (Å²) in [4.78, 5) is 35.3. The van der Waals surface area contributed by atoms with E-state index < -0.39 is 5.91 Å². The molecular formula is C19H17N3O3S. The molecule has 0 saturated carbocycles. The molecule has 3 N–H and O–H groups in total. The number of carbonyl (C=O) groups is 2. The zero-order chi connectivity index (χ0) is 18.7. The van der Waals surface area contributed by atoms with Gasteiger partial charge in [0.2, 0.25) is 11.8 Å². The molecule has 26 heavy (non-hydrogen) atoms. The fourth-order valence-corrected chi connectivity index (χ4v) is 3.26. The van der Waals surface area contributed by atoms with Gasteiger partial charge in [-0.05, 0) is 36.8 Å². The molecule has 3 rings (SSSR count). The first-order chi connectivity index (χ1) is 12.4. The molecule has 2 amide bonds. The van der Waals surface area contributed by atoms with Crippen LogP contribution in [0.15, 0.2) is 58.7 Å². The summed E-state index contributed by atoms with van der Waals surface area (Å²) in [5, 5.41) is 4.47. The molecule has 132 valence electrons. The first kappa shape index (κ1) is 17.6. The predicted molar refractivity (Wildman–Crippen MR) is 102 cm³/mol. The maximum atomic E-state index is 12.3. The Balaban J connectivity index is 1.77. The number of thiazole rings is 1. The molecule has 0 aliphatic carbocycles. The summed E-state index contributed by atoms with van der Waals surface area (Å²) >= 11 is 1.06. The van der Waals surface area contributed by atoms with E-state index in [0.29, 0.717) is 16.9 Å². The van der Waals surface area contributed by atoms with Crippen LogP contribution >= 0.6 is 11.3 Å². The number of hydrogen-bond donors (Lipinski definition) is 2. The van der Waals surface area contributed by atoms with Gasteiger partial charge in [0.15, 0.2) is 0 Å². The summed E-state index contributed by atoms with van der Waals surface area (Å²) in [5.74, 6) is -0.860. The number of primary amides is 1. The lowest BCUT2D eigenvalue weighted by molar-refractivity contribution is -0.116. The van der Waals surface area contributed by atoms with Gasteiger partial charge in [-0.25, -0.2) is 0 Å². The van der Waals surface area contributed by atoms with Gasteiger partial charge in [-0.3, -0.25) is 19.0 Å². The fourth-order valence-electron chi connectivity index (χ4n) is 2.49. The number of nitrogens with one attached hydrogen (secondary N) is 1. The smallest absolute Gasteiger partial charge is 0.308 e. The molecule has 7 heteroatoms. The number of aryl methyl sites for hydroxylation is 1. The Bertz CT molecular complexity index is 1000. The number of nitrogens with two attached hydrogens (primary N) is 1. The van der Waals surface area contributed by atoms with Crippen molar-refractivity contribution in [2.45, 2.75) is 13.5 Å². The van der Waals surface area contributed by atoms with E-state index >= 15 is 0 Å². The van der Waals surface area contributed by atoms with Gasteiger partial charge >= 0.3 is 4.87 Å². The molecule has 1 heterocycles.